The maximum absolute atomic E-state index is 11.9. The number of hydrogen-bond donors (Lipinski definition) is 0. The molecule has 17 heavy (non-hydrogen) atoms. The van der Waals surface area contributed by atoms with Gasteiger partial charge < -0.3 is 0 Å². The lowest BCUT2D eigenvalue weighted by molar-refractivity contribution is -0.122. The molecule has 0 unspecified atom stereocenters. The van der Waals surface area contributed by atoms with Gasteiger partial charge in [-0.05, 0) is 32.3 Å². The second kappa shape index (κ2) is 4.44. The van der Waals surface area contributed by atoms with Crippen molar-refractivity contribution >= 4 is 11.5 Å². The van der Waals surface area contributed by atoms with Crippen molar-refractivity contribution in [3.63, 3.8) is 0 Å². The van der Waals surface area contributed by atoms with Gasteiger partial charge in [-0.3, -0.25) is 9.79 Å². The molecule has 1 aromatic rings. The first-order valence-corrected chi connectivity index (χ1v) is 6.21. The molecular weight excluding hydrogens is 210 g/mol. The van der Waals surface area contributed by atoms with Crippen molar-refractivity contribution in [2.45, 2.75) is 39.2 Å². The van der Waals surface area contributed by atoms with Crippen LogP contribution in [0.1, 0.15) is 39.2 Å². The molecule has 2 heteroatoms. The number of rotatable bonds is 3. The lowest BCUT2D eigenvalue weighted by Gasteiger charge is -2.31. The Bertz CT molecular complexity index is 449. The summed E-state index contributed by atoms with van der Waals surface area (Å²) in [4.78, 5) is 16.7. The fourth-order valence-electron chi connectivity index (χ4n) is 2.93. The summed E-state index contributed by atoms with van der Waals surface area (Å²) in [6.07, 6.45) is 1.68. The Morgan fingerprint density at radius 2 is 2.06 bits per heavy atom. The SMILES string of the molecule is CC[C@]1(c2ccccc2)N=C(C)C[C@@H]1C(C)=O. The van der Waals surface area contributed by atoms with Gasteiger partial charge in [-0.2, -0.15) is 0 Å². The van der Waals surface area contributed by atoms with Gasteiger partial charge in [-0.15, -0.1) is 0 Å². The molecule has 2 rings (SSSR count). The number of benzene rings is 1. The zero-order valence-corrected chi connectivity index (χ0v) is 10.7. The zero-order chi connectivity index (χ0) is 12.5. The summed E-state index contributed by atoms with van der Waals surface area (Å²) in [7, 11) is 0. The Hall–Kier alpha value is -1.44. The van der Waals surface area contributed by atoms with Gasteiger partial charge in [0.1, 0.15) is 5.78 Å². The molecule has 1 aliphatic rings. The highest BCUT2D eigenvalue weighted by Gasteiger charge is 2.45. The Balaban J connectivity index is 2.52. The Morgan fingerprint density at radius 3 is 2.59 bits per heavy atom. The first kappa shape index (κ1) is 12.0. The number of carbonyl (C=O) groups excluding carboxylic acids is 1. The monoisotopic (exact) mass is 229 g/mol. The van der Waals surface area contributed by atoms with E-state index in [1.807, 2.05) is 25.1 Å². The highest BCUT2D eigenvalue weighted by Crippen LogP contribution is 2.44. The molecule has 1 aromatic carbocycles. The second-order valence-electron chi connectivity index (χ2n) is 4.86. The van der Waals surface area contributed by atoms with Crippen LogP contribution in [0.25, 0.3) is 0 Å². The largest absolute Gasteiger partial charge is 0.300 e. The van der Waals surface area contributed by atoms with E-state index in [0.717, 1.165) is 18.6 Å². The fraction of sp³-hybridized carbons (Fsp3) is 0.467. The van der Waals surface area contributed by atoms with Gasteiger partial charge in [0, 0.05) is 5.71 Å². The molecule has 2 atom stereocenters. The van der Waals surface area contributed by atoms with Gasteiger partial charge in [0.2, 0.25) is 0 Å². The van der Waals surface area contributed by atoms with Crippen LogP contribution in [-0.4, -0.2) is 11.5 Å². The third kappa shape index (κ3) is 1.92. The quantitative estimate of drug-likeness (QED) is 0.781. The van der Waals surface area contributed by atoms with E-state index in [1.54, 1.807) is 6.92 Å². The molecule has 0 N–H and O–H groups in total. The van der Waals surface area contributed by atoms with Gasteiger partial charge in [-0.25, -0.2) is 0 Å². The second-order valence-corrected chi connectivity index (χ2v) is 4.86. The van der Waals surface area contributed by atoms with Gasteiger partial charge in [0.15, 0.2) is 0 Å². The van der Waals surface area contributed by atoms with Crippen LogP contribution in [0.5, 0.6) is 0 Å². The van der Waals surface area contributed by atoms with Crippen LogP contribution in [0, 0.1) is 5.92 Å². The summed E-state index contributed by atoms with van der Waals surface area (Å²) < 4.78 is 0. The number of carbonyl (C=O) groups is 1. The molecular formula is C15H19NO. The smallest absolute Gasteiger partial charge is 0.136 e. The van der Waals surface area contributed by atoms with Gasteiger partial charge in [0.05, 0.1) is 11.5 Å². The predicted molar refractivity (Wildman–Crippen MR) is 70.3 cm³/mol. The van der Waals surface area contributed by atoms with Crippen molar-refractivity contribution in [3.8, 4) is 0 Å². The molecule has 0 saturated carbocycles. The van der Waals surface area contributed by atoms with Crippen molar-refractivity contribution in [1.29, 1.82) is 0 Å². The number of hydrogen-bond acceptors (Lipinski definition) is 2. The van der Waals surface area contributed by atoms with E-state index in [9.17, 15) is 4.79 Å². The summed E-state index contributed by atoms with van der Waals surface area (Å²) in [6, 6.07) is 10.2. The zero-order valence-electron chi connectivity index (χ0n) is 10.7. The highest BCUT2D eigenvalue weighted by atomic mass is 16.1. The third-order valence-electron chi connectivity index (χ3n) is 3.77. The maximum atomic E-state index is 11.9. The van der Waals surface area contributed by atoms with Crippen LogP contribution in [0.2, 0.25) is 0 Å². The molecule has 0 amide bonds. The molecule has 0 fully saturated rings. The van der Waals surface area contributed by atoms with E-state index in [4.69, 9.17) is 4.99 Å². The molecule has 0 saturated heterocycles. The summed E-state index contributed by atoms with van der Waals surface area (Å²) in [5.41, 5.74) is 1.94. The first-order valence-electron chi connectivity index (χ1n) is 6.21. The lowest BCUT2D eigenvalue weighted by Crippen LogP contribution is -2.33. The Labute approximate surface area is 103 Å². The van der Waals surface area contributed by atoms with E-state index in [0.29, 0.717) is 0 Å². The standard InChI is InChI=1S/C15H19NO/c1-4-15(13-8-6-5-7-9-13)14(12(3)17)10-11(2)16-15/h5-9,14H,4,10H2,1-3H3/t14-,15-/m1/s1. The van der Waals surface area contributed by atoms with Crippen molar-refractivity contribution in [2.75, 3.05) is 0 Å². The van der Waals surface area contributed by atoms with Crippen LogP contribution in [0.3, 0.4) is 0 Å². The normalized spacial score (nSPS) is 27.9. The molecule has 2 nitrogen and oxygen atoms in total. The molecule has 0 bridgehead atoms. The highest BCUT2D eigenvalue weighted by molar-refractivity contribution is 5.93. The Kier molecular flexibility index (Phi) is 3.14. The van der Waals surface area contributed by atoms with Crippen LogP contribution in [0.4, 0.5) is 0 Å². The number of nitrogens with zero attached hydrogens (tertiary/aromatic N) is 1. The van der Waals surface area contributed by atoms with Crippen LogP contribution in [-0.2, 0) is 10.3 Å². The van der Waals surface area contributed by atoms with Gasteiger partial charge >= 0.3 is 0 Å². The number of Topliss-reactive ketones (excluding diaryl/α,β-unsaturated/α-hetero) is 1. The molecule has 1 heterocycles. The van der Waals surface area contributed by atoms with Crippen LogP contribution in [0.15, 0.2) is 35.3 Å². The van der Waals surface area contributed by atoms with E-state index >= 15 is 0 Å². The van der Waals surface area contributed by atoms with Crippen molar-refractivity contribution < 1.29 is 4.79 Å². The fourth-order valence-corrected chi connectivity index (χ4v) is 2.93. The van der Waals surface area contributed by atoms with Crippen LogP contribution >= 0.6 is 0 Å². The van der Waals surface area contributed by atoms with E-state index < -0.39 is 0 Å². The summed E-state index contributed by atoms with van der Waals surface area (Å²) in [5.74, 6) is 0.256. The van der Waals surface area contributed by atoms with Crippen molar-refractivity contribution in [3.05, 3.63) is 35.9 Å². The lowest BCUT2D eigenvalue weighted by atomic mass is 9.75. The van der Waals surface area contributed by atoms with Gasteiger partial charge in [0.25, 0.3) is 0 Å². The molecule has 0 aliphatic carbocycles. The number of aliphatic imine (C=N–C) groups is 1. The summed E-state index contributed by atoms with van der Waals surface area (Å²) in [5, 5.41) is 0. The summed E-state index contributed by atoms with van der Waals surface area (Å²) >= 11 is 0. The topological polar surface area (TPSA) is 29.4 Å². The molecule has 0 spiro atoms. The van der Waals surface area contributed by atoms with Crippen molar-refractivity contribution in [2.24, 2.45) is 10.9 Å². The molecule has 90 valence electrons. The minimum absolute atomic E-state index is 0.00917. The van der Waals surface area contributed by atoms with Crippen molar-refractivity contribution in [1.82, 2.24) is 0 Å². The third-order valence-corrected chi connectivity index (χ3v) is 3.77. The molecule has 0 radical (unpaired) electrons. The minimum Gasteiger partial charge on any atom is -0.300 e. The number of ketones is 1. The molecule has 0 aromatic heterocycles. The molecule has 1 aliphatic heterocycles. The maximum Gasteiger partial charge on any atom is 0.136 e. The average Bonchev–Trinajstić information content (AvgIpc) is 2.69. The van der Waals surface area contributed by atoms with E-state index in [2.05, 4.69) is 19.1 Å². The predicted octanol–water partition coefficient (Wildman–Crippen LogP) is 3.36. The minimum atomic E-state index is -0.322. The summed E-state index contributed by atoms with van der Waals surface area (Å²) in [6.45, 7) is 5.83. The first-order chi connectivity index (χ1) is 8.10. The van der Waals surface area contributed by atoms with E-state index in [1.165, 1.54) is 5.56 Å². The average molecular weight is 229 g/mol. The van der Waals surface area contributed by atoms with Gasteiger partial charge in [-0.1, -0.05) is 37.3 Å². The Morgan fingerprint density at radius 1 is 1.41 bits per heavy atom. The van der Waals surface area contributed by atoms with E-state index in [-0.39, 0.29) is 17.2 Å². The van der Waals surface area contributed by atoms with Crippen LogP contribution < -0.4 is 0 Å².